The molecule has 0 amide bonds. The third kappa shape index (κ3) is 8.97. The minimum Gasteiger partial charge on any atom is -0.416 e. The molecule has 1 rings (SSSR count). The SMILES string of the molecule is CN(CCCNCC1COC(C)(C)OC1)CCO[Si](C)(C)C(C)(C)C. The quantitative estimate of drug-likeness (QED) is 0.469. The standard InChI is InChI=1S/C19H42N2O3Si/c1-18(2,3)25(7,8)24-13-12-21(6)11-9-10-20-14-17-15-22-19(4,5)23-16-17/h17,20H,9-16H2,1-8H3. The summed E-state index contributed by atoms with van der Waals surface area (Å²) in [5.41, 5.74) is 0. The van der Waals surface area contributed by atoms with E-state index < -0.39 is 14.1 Å². The summed E-state index contributed by atoms with van der Waals surface area (Å²) in [6.07, 6.45) is 1.15. The van der Waals surface area contributed by atoms with Gasteiger partial charge in [0.25, 0.3) is 0 Å². The van der Waals surface area contributed by atoms with Crippen molar-refractivity contribution >= 4 is 8.32 Å². The van der Waals surface area contributed by atoms with Crippen LogP contribution in [0.5, 0.6) is 0 Å². The Bertz CT molecular complexity index is 373. The maximum absolute atomic E-state index is 6.24. The van der Waals surface area contributed by atoms with Gasteiger partial charge in [0.1, 0.15) is 0 Å². The Morgan fingerprint density at radius 2 is 1.76 bits per heavy atom. The van der Waals surface area contributed by atoms with E-state index in [4.69, 9.17) is 13.9 Å². The molecule has 0 saturated carbocycles. The fourth-order valence-corrected chi connectivity index (χ4v) is 3.44. The predicted octanol–water partition coefficient (Wildman–Crippen LogP) is 3.32. The van der Waals surface area contributed by atoms with E-state index in [0.717, 1.165) is 52.4 Å². The predicted molar refractivity (Wildman–Crippen MR) is 108 cm³/mol. The molecular weight excluding hydrogens is 332 g/mol. The van der Waals surface area contributed by atoms with E-state index >= 15 is 0 Å². The Morgan fingerprint density at radius 1 is 1.16 bits per heavy atom. The van der Waals surface area contributed by atoms with E-state index in [0.29, 0.717) is 5.92 Å². The maximum Gasteiger partial charge on any atom is 0.192 e. The third-order valence-corrected chi connectivity index (χ3v) is 9.94. The number of rotatable bonds is 10. The van der Waals surface area contributed by atoms with Crippen molar-refractivity contribution in [3.05, 3.63) is 0 Å². The van der Waals surface area contributed by atoms with Crippen LogP contribution in [0.2, 0.25) is 18.1 Å². The molecule has 0 aromatic rings. The molecule has 1 N–H and O–H groups in total. The summed E-state index contributed by atoms with van der Waals surface area (Å²) in [5, 5.41) is 3.82. The molecule has 1 fully saturated rings. The molecule has 1 aliphatic heterocycles. The summed E-state index contributed by atoms with van der Waals surface area (Å²) >= 11 is 0. The van der Waals surface area contributed by atoms with Crippen LogP contribution in [0.3, 0.4) is 0 Å². The van der Waals surface area contributed by atoms with Gasteiger partial charge in [-0.15, -0.1) is 0 Å². The Balaban J connectivity index is 2.03. The number of ether oxygens (including phenoxy) is 2. The first kappa shape index (κ1) is 23.1. The summed E-state index contributed by atoms with van der Waals surface area (Å²) in [7, 11) is 0.572. The van der Waals surface area contributed by atoms with Gasteiger partial charge in [-0.05, 0) is 58.5 Å². The molecule has 1 saturated heterocycles. The molecule has 0 atom stereocenters. The van der Waals surface area contributed by atoms with E-state index in [1.807, 2.05) is 13.8 Å². The van der Waals surface area contributed by atoms with Crippen LogP contribution in [0.1, 0.15) is 41.0 Å². The lowest BCUT2D eigenvalue weighted by molar-refractivity contribution is -0.261. The van der Waals surface area contributed by atoms with Crippen LogP contribution < -0.4 is 5.32 Å². The molecular formula is C19H42N2O3Si. The van der Waals surface area contributed by atoms with Gasteiger partial charge in [0.05, 0.1) is 13.2 Å². The number of hydrogen-bond donors (Lipinski definition) is 1. The zero-order valence-electron chi connectivity index (χ0n) is 17.9. The second-order valence-corrected chi connectivity index (χ2v) is 14.2. The highest BCUT2D eigenvalue weighted by atomic mass is 28.4. The Hall–Kier alpha value is 0.0169. The largest absolute Gasteiger partial charge is 0.416 e. The molecule has 0 unspecified atom stereocenters. The second kappa shape index (κ2) is 9.81. The van der Waals surface area contributed by atoms with Gasteiger partial charge >= 0.3 is 0 Å². The van der Waals surface area contributed by atoms with Crippen LogP contribution in [0.4, 0.5) is 0 Å². The Kier molecular flexibility index (Phi) is 9.05. The first-order valence-electron chi connectivity index (χ1n) is 9.74. The van der Waals surface area contributed by atoms with Crippen LogP contribution in [0, 0.1) is 5.92 Å². The monoisotopic (exact) mass is 374 g/mol. The third-order valence-electron chi connectivity index (χ3n) is 5.40. The molecule has 6 heteroatoms. The fourth-order valence-electron chi connectivity index (χ4n) is 2.41. The number of nitrogens with one attached hydrogen (secondary N) is 1. The number of likely N-dealkylation sites (N-methyl/N-ethyl adjacent to an activating group) is 1. The lowest BCUT2D eigenvalue weighted by atomic mass is 10.1. The van der Waals surface area contributed by atoms with Crippen molar-refractivity contribution in [2.24, 2.45) is 5.92 Å². The lowest BCUT2D eigenvalue weighted by Gasteiger charge is -2.36. The smallest absolute Gasteiger partial charge is 0.192 e. The van der Waals surface area contributed by atoms with Gasteiger partial charge in [-0.2, -0.15) is 0 Å². The van der Waals surface area contributed by atoms with E-state index in [1.165, 1.54) is 0 Å². The summed E-state index contributed by atoms with van der Waals surface area (Å²) in [5.74, 6) is 0.0508. The zero-order chi connectivity index (χ0) is 19.1. The maximum atomic E-state index is 6.24. The van der Waals surface area contributed by atoms with Gasteiger partial charge in [-0.1, -0.05) is 20.8 Å². The van der Waals surface area contributed by atoms with E-state index in [2.05, 4.69) is 51.1 Å². The average Bonchev–Trinajstić information content (AvgIpc) is 2.47. The van der Waals surface area contributed by atoms with Gasteiger partial charge in [0.2, 0.25) is 0 Å². The minimum atomic E-state index is -1.61. The molecule has 5 nitrogen and oxygen atoms in total. The molecule has 0 spiro atoms. The highest BCUT2D eigenvalue weighted by molar-refractivity contribution is 6.74. The van der Waals surface area contributed by atoms with Crippen LogP contribution in [-0.4, -0.2) is 72.1 Å². The molecule has 25 heavy (non-hydrogen) atoms. The van der Waals surface area contributed by atoms with Crippen LogP contribution >= 0.6 is 0 Å². The molecule has 0 bridgehead atoms. The first-order chi connectivity index (χ1) is 11.4. The number of hydrogen-bond acceptors (Lipinski definition) is 5. The van der Waals surface area contributed by atoms with Crippen molar-refractivity contribution in [3.63, 3.8) is 0 Å². The molecule has 0 radical (unpaired) electrons. The highest BCUT2D eigenvalue weighted by Gasteiger charge is 2.36. The fraction of sp³-hybridized carbons (Fsp3) is 1.00. The summed E-state index contributed by atoms with van der Waals surface area (Å²) in [4.78, 5) is 2.37. The van der Waals surface area contributed by atoms with Gasteiger partial charge in [0, 0.05) is 25.6 Å². The van der Waals surface area contributed by atoms with E-state index in [9.17, 15) is 0 Å². The molecule has 1 aliphatic rings. The topological polar surface area (TPSA) is 43.0 Å². The minimum absolute atomic E-state index is 0.289. The Labute approximate surface area is 156 Å². The first-order valence-corrected chi connectivity index (χ1v) is 12.6. The normalized spacial score (nSPS) is 19.6. The van der Waals surface area contributed by atoms with Crippen molar-refractivity contribution in [2.75, 3.05) is 53.0 Å². The van der Waals surface area contributed by atoms with Crippen molar-refractivity contribution in [1.82, 2.24) is 10.2 Å². The van der Waals surface area contributed by atoms with Gasteiger partial charge in [-0.3, -0.25) is 0 Å². The van der Waals surface area contributed by atoms with Crippen molar-refractivity contribution in [3.8, 4) is 0 Å². The van der Waals surface area contributed by atoms with E-state index in [1.54, 1.807) is 0 Å². The van der Waals surface area contributed by atoms with Gasteiger partial charge in [-0.25, -0.2) is 0 Å². The number of nitrogens with zero attached hydrogens (tertiary/aromatic N) is 1. The zero-order valence-corrected chi connectivity index (χ0v) is 18.9. The van der Waals surface area contributed by atoms with Crippen LogP contribution in [0.15, 0.2) is 0 Å². The van der Waals surface area contributed by atoms with Crippen LogP contribution in [-0.2, 0) is 13.9 Å². The highest BCUT2D eigenvalue weighted by Crippen LogP contribution is 2.36. The van der Waals surface area contributed by atoms with E-state index in [-0.39, 0.29) is 5.04 Å². The Morgan fingerprint density at radius 3 is 2.32 bits per heavy atom. The summed E-state index contributed by atoms with van der Waals surface area (Å²) in [6, 6.07) is 0. The van der Waals surface area contributed by atoms with Crippen molar-refractivity contribution in [2.45, 2.75) is 65.0 Å². The molecule has 150 valence electrons. The molecule has 0 aliphatic carbocycles. The van der Waals surface area contributed by atoms with Gasteiger partial charge < -0.3 is 24.1 Å². The lowest BCUT2D eigenvalue weighted by Crippen LogP contribution is -2.43. The molecule has 1 heterocycles. The molecule has 0 aromatic carbocycles. The second-order valence-electron chi connectivity index (χ2n) is 9.36. The molecule has 0 aromatic heterocycles. The summed E-state index contributed by atoms with van der Waals surface area (Å²) in [6.45, 7) is 22.0. The van der Waals surface area contributed by atoms with Crippen molar-refractivity contribution in [1.29, 1.82) is 0 Å². The van der Waals surface area contributed by atoms with Crippen molar-refractivity contribution < 1.29 is 13.9 Å². The average molecular weight is 375 g/mol. The van der Waals surface area contributed by atoms with Crippen LogP contribution in [0.25, 0.3) is 0 Å². The summed E-state index contributed by atoms with van der Waals surface area (Å²) < 4.78 is 17.6. The van der Waals surface area contributed by atoms with Gasteiger partial charge in [0.15, 0.2) is 14.1 Å².